The van der Waals surface area contributed by atoms with Crippen LogP contribution in [0.5, 0.6) is 11.5 Å². The smallest absolute Gasteiger partial charge is 0.503 e. The molecule has 2 heterocycles. The van der Waals surface area contributed by atoms with Gasteiger partial charge in [0.05, 0.1) is 38.3 Å². The SMILES string of the molecule is CC(C)c1cc(C=NC2CC(CCCCN3CCC[N+]4=C3CCCCC4)CC2N=Cc2cc(C(C)C)cc(C(C)C)c2O)c(O)c(C(C)C)c1.O=C(O)O.[Cr]. The number of aromatic hydroxyl groups is 2. The van der Waals surface area contributed by atoms with Gasteiger partial charge in [0.1, 0.15) is 11.5 Å². The summed E-state index contributed by atoms with van der Waals surface area (Å²) >= 11 is 0. The molecule has 1 fully saturated rings. The number of phenols is 2. The van der Waals surface area contributed by atoms with E-state index in [1.165, 1.54) is 88.7 Å². The van der Waals surface area contributed by atoms with Crippen molar-refractivity contribution in [3.05, 3.63) is 57.6 Å². The van der Waals surface area contributed by atoms with E-state index < -0.39 is 6.16 Å². The fraction of sp³-hybridized carbons (Fsp3) is 0.644. The van der Waals surface area contributed by atoms with Gasteiger partial charge in [-0.2, -0.15) is 0 Å². The van der Waals surface area contributed by atoms with Crippen LogP contribution in [0.1, 0.15) is 177 Å². The van der Waals surface area contributed by atoms with Crippen molar-refractivity contribution in [1.82, 2.24) is 4.90 Å². The number of rotatable bonds is 13. The molecule has 10 heteroatoms. The zero-order valence-electron chi connectivity index (χ0n) is 34.8. The molecular weight excluding hydrogens is 729 g/mol. The van der Waals surface area contributed by atoms with Gasteiger partial charge in [-0.05, 0) is 109 Å². The fourth-order valence-corrected chi connectivity index (χ4v) is 8.36. The molecule has 2 aliphatic heterocycles. The monoisotopic (exact) mass is 797 g/mol. The van der Waals surface area contributed by atoms with E-state index >= 15 is 0 Å². The maximum atomic E-state index is 11.3. The number of nitrogens with zero attached hydrogens (tertiary/aromatic N) is 4. The second-order valence-electron chi connectivity index (χ2n) is 17.1. The molecule has 0 spiro atoms. The molecule has 0 bridgehead atoms. The number of carboxylic acid groups (broad SMARTS) is 2. The summed E-state index contributed by atoms with van der Waals surface area (Å²) in [5.74, 6) is 4.07. The Morgan fingerprint density at radius 3 is 1.71 bits per heavy atom. The van der Waals surface area contributed by atoms with Gasteiger partial charge in [0.2, 0.25) is 5.84 Å². The molecule has 1 saturated carbocycles. The third-order valence-electron chi connectivity index (χ3n) is 11.6. The van der Waals surface area contributed by atoms with Crippen molar-refractivity contribution < 1.29 is 47.2 Å². The van der Waals surface area contributed by atoms with Crippen LogP contribution < -0.4 is 0 Å². The van der Waals surface area contributed by atoms with Gasteiger partial charge in [-0.25, -0.2) is 4.79 Å². The maximum absolute atomic E-state index is 11.3. The number of hydrogen-bond donors (Lipinski definition) is 4. The van der Waals surface area contributed by atoms with E-state index in [-0.39, 0.29) is 41.3 Å². The predicted octanol–water partition coefficient (Wildman–Crippen LogP) is 10.4. The Balaban J connectivity index is 0.00000155. The van der Waals surface area contributed by atoms with E-state index in [1.807, 2.05) is 12.4 Å². The van der Waals surface area contributed by atoms with E-state index in [0.717, 1.165) is 35.1 Å². The van der Waals surface area contributed by atoms with Gasteiger partial charge in [0.25, 0.3) is 0 Å². The van der Waals surface area contributed by atoms with Crippen molar-refractivity contribution in [2.75, 3.05) is 26.2 Å². The number of aliphatic imine (C=N–C) groups is 2. The topological polar surface area (TPSA) is 129 Å². The van der Waals surface area contributed by atoms with Gasteiger partial charge >= 0.3 is 6.16 Å². The molecule has 2 aromatic rings. The van der Waals surface area contributed by atoms with Crippen LogP contribution in [-0.4, -0.2) is 92.6 Å². The molecular formula is C45H69CrN4O5+. The van der Waals surface area contributed by atoms with Crippen LogP contribution in [-0.2, 0) is 17.4 Å². The van der Waals surface area contributed by atoms with E-state index in [1.54, 1.807) is 5.84 Å². The molecule has 0 amide bonds. The summed E-state index contributed by atoms with van der Waals surface area (Å²) in [5.41, 5.74) is 6.04. The van der Waals surface area contributed by atoms with Crippen LogP contribution in [0.4, 0.5) is 4.79 Å². The molecule has 9 nitrogen and oxygen atoms in total. The zero-order valence-corrected chi connectivity index (χ0v) is 36.1. The number of benzene rings is 2. The predicted molar refractivity (Wildman–Crippen MR) is 222 cm³/mol. The molecule has 5 rings (SSSR count). The van der Waals surface area contributed by atoms with Crippen LogP contribution in [0.3, 0.4) is 0 Å². The van der Waals surface area contributed by atoms with Gasteiger partial charge < -0.3 is 20.4 Å². The quantitative estimate of drug-likeness (QED) is 0.0908. The molecule has 2 atom stereocenters. The minimum absolute atomic E-state index is 0. The van der Waals surface area contributed by atoms with Crippen molar-refractivity contribution in [3.63, 3.8) is 0 Å². The molecule has 304 valence electrons. The first-order chi connectivity index (χ1) is 25.7. The molecule has 0 aromatic heterocycles. The fourth-order valence-electron chi connectivity index (χ4n) is 8.36. The normalized spacial score (nSPS) is 20.4. The van der Waals surface area contributed by atoms with Crippen LogP contribution in [0, 0.1) is 5.92 Å². The second kappa shape index (κ2) is 21.8. The minimum Gasteiger partial charge on any atom is -0.507 e. The summed E-state index contributed by atoms with van der Waals surface area (Å²) in [7, 11) is 0. The van der Waals surface area contributed by atoms with Gasteiger partial charge in [0.15, 0.2) is 0 Å². The molecule has 0 radical (unpaired) electrons. The van der Waals surface area contributed by atoms with Gasteiger partial charge in [0, 0.05) is 53.8 Å². The Hall–Kier alpha value is -3.35. The number of unbranched alkanes of at least 4 members (excludes halogenated alkanes) is 1. The van der Waals surface area contributed by atoms with Gasteiger partial charge in [-0.15, -0.1) is 0 Å². The van der Waals surface area contributed by atoms with E-state index in [0.29, 0.717) is 29.3 Å². The average molecular weight is 798 g/mol. The minimum atomic E-state index is -1.83. The molecule has 0 saturated heterocycles. The van der Waals surface area contributed by atoms with Crippen LogP contribution in [0.25, 0.3) is 0 Å². The summed E-state index contributed by atoms with van der Waals surface area (Å²) < 4.78 is 2.68. The van der Waals surface area contributed by atoms with E-state index in [2.05, 4.69) is 89.1 Å². The molecule has 2 unspecified atom stereocenters. The van der Waals surface area contributed by atoms with Crippen LogP contribution in [0.15, 0.2) is 34.3 Å². The van der Waals surface area contributed by atoms with Gasteiger partial charge in [-0.1, -0.05) is 73.9 Å². The van der Waals surface area contributed by atoms with Crippen LogP contribution in [0.2, 0.25) is 0 Å². The van der Waals surface area contributed by atoms with Crippen molar-refractivity contribution in [1.29, 1.82) is 0 Å². The third-order valence-corrected chi connectivity index (χ3v) is 11.6. The molecule has 3 aliphatic rings. The van der Waals surface area contributed by atoms with Crippen molar-refractivity contribution in [2.45, 2.75) is 155 Å². The van der Waals surface area contributed by atoms with E-state index in [9.17, 15) is 10.2 Å². The van der Waals surface area contributed by atoms with Crippen molar-refractivity contribution >= 4 is 24.4 Å². The summed E-state index contributed by atoms with van der Waals surface area (Å²) in [6, 6.07) is 8.60. The first-order valence-corrected chi connectivity index (χ1v) is 20.7. The summed E-state index contributed by atoms with van der Waals surface area (Å²) in [4.78, 5) is 21.6. The maximum Gasteiger partial charge on any atom is 0.503 e. The molecule has 1 aliphatic carbocycles. The summed E-state index contributed by atoms with van der Waals surface area (Å²) in [5, 5.41) is 36.5. The van der Waals surface area contributed by atoms with E-state index in [4.69, 9.17) is 25.0 Å². The molecule has 4 N–H and O–H groups in total. The first-order valence-electron chi connectivity index (χ1n) is 20.7. The largest absolute Gasteiger partial charge is 0.507 e. The van der Waals surface area contributed by atoms with Crippen LogP contribution >= 0.6 is 0 Å². The Bertz CT molecular complexity index is 1560. The Labute approximate surface area is 341 Å². The summed E-state index contributed by atoms with van der Waals surface area (Å²) in [6.07, 6.45) is 14.3. The van der Waals surface area contributed by atoms with Gasteiger partial charge in [-0.3, -0.25) is 19.5 Å². The Kier molecular flexibility index (Phi) is 18.3. The first kappa shape index (κ1) is 46.0. The average Bonchev–Trinajstić information content (AvgIpc) is 3.32. The summed E-state index contributed by atoms with van der Waals surface area (Å²) in [6.45, 7) is 22.2. The third kappa shape index (κ3) is 13.1. The molecule has 55 heavy (non-hydrogen) atoms. The number of carbonyl (C=O) groups is 1. The Morgan fingerprint density at radius 2 is 1.24 bits per heavy atom. The standard InChI is InChI=1S/C44H66N4O2.CH2O3.Cr/c1-29(2)34-23-36(43(49)38(25-34)31(5)6)27-45-40-21-33(15-11-13-18-48-20-14-19-47-17-12-9-10-16-42(47)48)22-41(40)46-28-37-24-35(30(3)4)26-39(32(7)8)44(37)50;2-1(3)4;/h23-33,40-41H,9-22H2,1-8H3,(H-,45,46,49,50);(H2,2,3,4);/p+1. The Morgan fingerprint density at radius 1 is 0.745 bits per heavy atom. The van der Waals surface area contributed by atoms with Crippen molar-refractivity contribution in [3.8, 4) is 11.5 Å². The number of phenolic OH excluding ortho intramolecular Hbond substituents is 2. The number of amidine groups is 1. The van der Waals surface area contributed by atoms with Crippen molar-refractivity contribution in [2.24, 2.45) is 15.9 Å². The molecule has 2 aromatic carbocycles. The zero-order chi connectivity index (χ0) is 39.5. The number of hydrogen-bond acceptors (Lipinski definition) is 6. The second-order valence-corrected chi connectivity index (χ2v) is 17.1.